The van der Waals surface area contributed by atoms with E-state index in [1.165, 1.54) is 16.7 Å². The van der Waals surface area contributed by atoms with E-state index in [-0.39, 0.29) is 0 Å². The Labute approximate surface area is 160 Å². The van der Waals surface area contributed by atoms with Gasteiger partial charge in [0.1, 0.15) is 18.2 Å². The number of hydrogen-bond donors (Lipinski definition) is 0. The SMILES string of the molecule is CCc1ccc(OCc2nc3ccccc3n2Cc2ccccc2C)cc1. The Balaban J connectivity index is 1.64. The fourth-order valence-corrected chi connectivity index (χ4v) is 3.34. The molecule has 0 spiro atoms. The van der Waals surface area contributed by atoms with E-state index in [0.29, 0.717) is 6.61 Å². The van der Waals surface area contributed by atoms with Crippen LogP contribution in [0, 0.1) is 6.92 Å². The number of fused-ring (bicyclic) bond motifs is 1. The molecule has 0 radical (unpaired) electrons. The van der Waals surface area contributed by atoms with Gasteiger partial charge < -0.3 is 9.30 Å². The minimum absolute atomic E-state index is 0.450. The van der Waals surface area contributed by atoms with Gasteiger partial charge in [0.2, 0.25) is 0 Å². The first kappa shape index (κ1) is 17.3. The third kappa shape index (κ3) is 3.72. The molecule has 136 valence electrons. The summed E-state index contributed by atoms with van der Waals surface area (Å²) in [6, 6.07) is 25.1. The number of para-hydroxylation sites is 2. The molecule has 0 fully saturated rings. The molecule has 3 heteroatoms. The van der Waals surface area contributed by atoms with Gasteiger partial charge in [0.15, 0.2) is 0 Å². The molecule has 0 aliphatic rings. The van der Waals surface area contributed by atoms with Crippen LogP contribution in [0.5, 0.6) is 5.75 Å². The molecular formula is C24H24N2O. The molecule has 0 aliphatic heterocycles. The second-order valence-corrected chi connectivity index (χ2v) is 6.82. The Morgan fingerprint density at radius 1 is 0.889 bits per heavy atom. The van der Waals surface area contributed by atoms with Crippen molar-refractivity contribution in [1.29, 1.82) is 0 Å². The van der Waals surface area contributed by atoms with Crippen molar-refractivity contribution in [2.75, 3.05) is 0 Å². The van der Waals surface area contributed by atoms with Crippen molar-refractivity contribution in [2.45, 2.75) is 33.4 Å². The van der Waals surface area contributed by atoms with Crippen molar-refractivity contribution in [2.24, 2.45) is 0 Å². The van der Waals surface area contributed by atoms with Gasteiger partial charge in [-0.2, -0.15) is 0 Å². The zero-order chi connectivity index (χ0) is 18.6. The van der Waals surface area contributed by atoms with Gasteiger partial charge in [-0.25, -0.2) is 4.98 Å². The lowest BCUT2D eigenvalue weighted by molar-refractivity contribution is 0.291. The van der Waals surface area contributed by atoms with E-state index < -0.39 is 0 Å². The fraction of sp³-hybridized carbons (Fsp3) is 0.208. The zero-order valence-electron chi connectivity index (χ0n) is 15.9. The zero-order valence-corrected chi connectivity index (χ0v) is 15.9. The Bertz CT molecular complexity index is 1050. The molecule has 0 saturated heterocycles. The summed E-state index contributed by atoms with van der Waals surface area (Å²) in [6.45, 7) is 5.55. The molecule has 0 saturated carbocycles. The summed E-state index contributed by atoms with van der Waals surface area (Å²) >= 11 is 0. The van der Waals surface area contributed by atoms with E-state index in [1.807, 2.05) is 18.2 Å². The first-order valence-electron chi connectivity index (χ1n) is 9.45. The monoisotopic (exact) mass is 356 g/mol. The van der Waals surface area contributed by atoms with Gasteiger partial charge in [0.05, 0.1) is 11.0 Å². The van der Waals surface area contributed by atoms with Crippen molar-refractivity contribution < 1.29 is 4.74 Å². The predicted molar refractivity (Wildman–Crippen MR) is 110 cm³/mol. The molecule has 4 aromatic rings. The van der Waals surface area contributed by atoms with Gasteiger partial charge >= 0.3 is 0 Å². The number of hydrogen-bond acceptors (Lipinski definition) is 2. The lowest BCUT2D eigenvalue weighted by Gasteiger charge is -2.12. The molecule has 3 nitrogen and oxygen atoms in total. The largest absolute Gasteiger partial charge is 0.486 e. The molecule has 0 unspecified atom stereocenters. The van der Waals surface area contributed by atoms with Crippen molar-refractivity contribution >= 4 is 11.0 Å². The number of rotatable bonds is 6. The van der Waals surface area contributed by atoms with Gasteiger partial charge in [0, 0.05) is 6.54 Å². The summed E-state index contributed by atoms with van der Waals surface area (Å²) < 4.78 is 8.31. The Hall–Kier alpha value is -3.07. The predicted octanol–water partition coefficient (Wildman–Crippen LogP) is 5.53. The topological polar surface area (TPSA) is 27.1 Å². The highest BCUT2D eigenvalue weighted by atomic mass is 16.5. The molecule has 0 atom stereocenters. The van der Waals surface area contributed by atoms with Crippen LogP contribution in [0.15, 0.2) is 72.8 Å². The smallest absolute Gasteiger partial charge is 0.148 e. The fourth-order valence-electron chi connectivity index (χ4n) is 3.34. The third-order valence-corrected chi connectivity index (χ3v) is 5.02. The van der Waals surface area contributed by atoms with Gasteiger partial charge in [0.25, 0.3) is 0 Å². The maximum atomic E-state index is 6.05. The minimum Gasteiger partial charge on any atom is -0.486 e. The molecule has 4 rings (SSSR count). The highest BCUT2D eigenvalue weighted by Gasteiger charge is 2.12. The Kier molecular flexibility index (Phi) is 4.93. The first-order valence-corrected chi connectivity index (χ1v) is 9.45. The Morgan fingerprint density at radius 3 is 2.41 bits per heavy atom. The summed E-state index contributed by atoms with van der Waals surface area (Å²) in [5.74, 6) is 1.82. The molecule has 0 N–H and O–H groups in total. The average molecular weight is 356 g/mol. The minimum atomic E-state index is 0.450. The van der Waals surface area contributed by atoms with Gasteiger partial charge in [-0.05, 0) is 54.3 Å². The molecule has 0 bridgehead atoms. The average Bonchev–Trinajstić information content (AvgIpc) is 3.06. The summed E-state index contributed by atoms with van der Waals surface area (Å²) in [5.41, 5.74) is 6.05. The van der Waals surface area contributed by atoms with Crippen LogP contribution < -0.4 is 4.74 Å². The summed E-state index contributed by atoms with van der Waals surface area (Å²) in [4.78, 5) is 4.83. The Morgan fingerprint density at radius 2 is 1.63 bits per heavy atom. The molecule has 0 aliphatic carbocycles. The van der Waals surface area contributed by atoms with Crippen LogP contribution in [0.1, 0.15) is 29.4 Å². The highest BCUT2D eigenvalue weighted by molar-refractivity contribution is 5.76. The third-order valence-electron chi connectivity index (χ3n) is 5.02. The van der Waals surface area contributed by atoms with E-state index in [1.54, 1.807) is 0 Å². The quantitative estimate of drug-likeness (QED) is 0.454. The lowest BCUT2D eigenvalue weighted by atomic mass is 10.1. The van der Waals surface area contributed by atoms with Crippen LogP contribution >= 0.6 is 0 Å². The van der Waals surface area contributed by atoms with E-state index in [2.05, 4.69) is 73.0 Å². The molecule has 1 aromatic heterocycles. The van der Waals surface area contributed by atoms with Crippen LogP contribution in [-0.4, -0.2) is 9.55 Å². The number of imidazole rings is 1. The summed E-state index contributed by atoms with van der Waals surface area (Å²) in [7, 11) is 0. The second kappa shape index (κ2) is 7.67. The van der Waals surface area contributed by atoms with E-state index in [9.17, 15) is 0 Å². The van der Waals surface area contributed by atoms with E-state index in [4.69, 9.17) is 9.72 Å². The summed E-state index contributed by atoms with van der Waals surface area (Å²) in [5, 5.41) is 0. The van der Waals surface area contributed by atoms with Crippen molar-refractivity contribution in [3.63, 3.8) is 0 Å². The number of nitrogens with zero attached hydrogens (tertiary/aromatic N) is 2. The summed E-state index contributed by atoms with van der Waals surface area (Å²) in [6.07, 6.45) is 1.03. The highest BCUT2D eigenvalue weighted by Crippen LogP contribution is 2.21. The number of aryl methyl sites for hydroxylation is 2. The maximum absolute atomic E-state index is 6.05. The van der Waals surface area contributed by atoms with E-state index in [0.717, 1.165) is 35.6 Å². The number of benzene rings is 3. The van der Waals surface area contributed by atoms with Gasteiger partial charge in [-0.1, -0.05) is 55.5 Å². The van der Waals surface area contributed by atoms with Crippen molar-refractivity contribution in [3.05, 3.63) is 95.3 Å². The van der Waals surface area contributed by atoms with E-state index >= 15 is 0 Å². The van der Waals surface area contributed by atoms with Crippen LogP contribution in [0.25, 0.3) is 11.0 Å². The van der Waals surface area contributed by atoms with Gasteiger partial charge in [-0.3, -0.25) is 0 Å². The van der Waals surface area contributed by atoms with Crippen LogP contribution in [0.2, 0.25) is 0 Å². The normalized spacial score (nSPS) is 11.0. The van der Waals surface area contributed by atoms with Crippen molar-refractivity contribution in [3.8, 4) is 5.75 Å². The number of ether oxygens (including phenoxy) is 1. The first-order chi connectivity index (χ1) is 13.2. The van der Waals surface area contributed by atoms with Crippen LogP contribution in [-0.2, 0) is 19.6 Å². The molecule has 0 amide bonds. The van der Waals surface area contributed by atoms with Crippen LogP contribution in [0.4, 0.5) is 0 Å². The maximum Gasteiger partial charge on any atom is 0.148 e. The van der Waals surface area contributed by atoms with Crippen molar-refractivity contribution in [1.82, 2.24) is 9.55 Å². The number of aromatic nitrogens is 2. The standard InChI is InChI=1S/C24H24N2O/c1-3-19-12-14-21(15-13-19)27-17-24-25-22-10-6-7-11-23(22)26(24)16-20-9-5-4-8-18(20)2/h4-15H,3,16-17H2,1-2H3. The molecular weight excluding hydrogens is 332 g/mol. The molecule has 3 aromatic carbocycles. The molecule has 1 heterocycles. The van der Waals surface area contributed by atoms with Gasteiger partial charge in [-0.15, -0.1) is 0 Å². The molecule has 27 heavy (non-hydrogen) atoms. The second-order valence-electron chi connectivity index (χ2n) is 6.82. The lowest BCUT2D eigenvalue weighted by Crippen LogP contribution is -2.09. The van der Waals surface area contributed by atoms with Crippen LogP contribution in [0.3, 0.4) is 0 Å².